The fourth-order valence-corrected chi connectivity index (χ4v) is 5.21. The molecule has 0 fully saturated rings. The van der Waals surface area contributed by atoms with Gasteiger partial charge in [-0.3, -0.25) is 19.3 Å². The minimum absolute atomic E-state index is 0.00829. The number of nitrogens with two attached hydrogens (primary N) is 2. The molecule has 5 N–H and O–H groups in total. The molecule has 4 rings (SSSR count). The van der Waals surface area contributed by atoms with Crippen molar-refractivity contribution in [2.75, 3.05) is 24.9 Å². The van der Waals surface area contributed by atoms with E-state index in [1.807, 2.05) is 49.4 Å². The summed E-state index contributed by atoms with van der Waals surface area (Å²) in [6.07, 6.45) is 0.578. The van der Waals surface area contributed by atoms with Crippen LogP contribution in [0.4, 0.5) is 11.4 Å². The summed E-state index contributed by atoms with van der Waals surface area (Å²) in [6, 6.07) is 20.6. The van der Waals surface area contributed by atoms with Gasteiger partial charge in [-0.1, -0.05) is 61.5 Å². The first-order chi connectivity index (χ1) is 19.8. The van der Waals surface area contributed by atoms with E-state index in [4.69, 9.17) is 20.9 Å². The normalized spacial score (nSPS) is 11.4. The van der Waals surface area contributed by atoms with Gasteiger partial charge in [-0.25, -0.2) is 0 Å². The van der Waals surface area contributed by atoms with Gasteiger partial charge in [-0.15, -0.1) is 0 Å². The van der Waals surface area contributed by atoms with Crippen molar-refractivity contribution in [3.63, 3.8) is 0 Å². The van der Waals surface area contributed by atoms with Crippen LogP contribution >= 0.6 is 11.5 Å². The second kappa shape index (κ2) is 13.0. The van der Waals surface area contributed by atoms with Gasteiger partial charge in [0.05, 0.1) is 19.9 Å². The van der Waals surface area contributed by atoms with E-state index < -0.39 is 23.8 Å². The van der Waals surface area contributed by atoms with Gasteiger partial charge in [-0.05, 0) is 52.8 Å². The zero-order chi connectivity index (χ0) is 29.5. The molecule has 1 atom stereocenters. The molecule has 11 heteroatoms. The molecule has 3 aromatic carbocycles. The van der Waals surface area contributed by atoms with Gasteiger partial charge in [0, 0.05) is 12.2 Å². The van der Waals surface area contributed by atoms with Crippen molar-refractivity contribution in [3.05, 3.63) is 100 Å². The van der Waals surface area contributed by atoms with Crippen LogP contribution in [0.2, 0.25) is 0 Å². The topological polar surface area (TPSA) is 150 Å². The first kappa shape index (κ1) is 29.1. The van der Waals surface area contributed by atoms with Gasteiger partial charge in [0.15, 0.2) is 17.2 Å². The zero-order valence-corrected chi connectivity index (χ0v) is 23.7. The third-order valence-corrected chi connectivity index (χ3v) is 7.40. The summed E-state index contributed by atoms with van der Waals surface area (Å²) in [7, 11) is 3.00. The molecule has 4 aromatic rings. The van der Waals surface area contributed by atoms with Crippen LogP contribution in [0.25, 0.3) is 0 Å². The molecule has 0 bridgehead atoms. The fourth-order valence-electron chi connectivity index (χ4n) is 4.47. The number of carbonyl (C=O) groups excluding carboxylic acids is 3. The van der Waals surface area contributed by atoms with Gasteiger partial charge < -0.3 is 26.3 Å². The van der Waals surface area contributed by atoms with E-state index in [0.29, 0.717) is 29.2 Å². The molecule has 3 amide bonds. The van der Waals surface area contributed by atoms with Crippen LogP contribution in [-0.4, -0.2) is 36.3 Å². The minimum Gasteiger partial charge on any atom is -0.493 e. The Labute approximate surface area is 242 Å². The SMILES string of the molecule is CCc1ccccc1N(C(=O)c1snc(C(N)=O)c1N)C(C(=O)NCc1ccccc1)c1ccc(OC)c(OC)c1. The number of hydrogen-bond acceptors (Lipinski definition) is 8. The average Bonchev–Trinajstić information content (AvgIpc) is 3.39. The number of hydrogen-bond donors (Lipinski definition) is 3. The highest BCUT2D eigenvalue weighted by atomic mass is 32.1. The first-order valence-electron chi connectivity index (χ1n) is 12.8. The van der Waals surface area contributed by atoms with Crippen molar-refractivity contribution in [2.45, 2.75) is 25.9 Å². The number of primary amides is 1. The van der Waals surface area contributed by atoms with Crippen LogP contribution in [0.1, 0.15) is 49.8 Å². The predicted molar refractivity (Wildman–Crippen MR) is 158 cm³/mol. The zero-order valence-electron chi connectivity index (χ0n) is 22.9. The van der Waals surface area contributed by atoms with E-state index in [1.165, 1.54) is 19.1 Å². The molecule has 0 saturated heterocycles. The van der Waals surface area contributed by atoms with E-state index in [0.717, 1.165) is 22.7 Å². The van der Waals surface area contributed by atoms with Crippen LogP contribution in [0.5, 0.6) is 11.5 Å². The molecule has 0 aliphatic heterocycles. The summed E-state index contributed by atoms with van der Waals surface area (Å²) in [5, 5.41) is 2.97. The number of aromatic nitrogens is 1. The average molecular weight is 574 g/mol. The van der Waals surface area contributed by atoms with Crippen molar-refractivity contribution >= 4 is 40.6 Å². The molecule has 1 heterocycles. The largest absolute Gasteiger partial charge is 0.493 e. The Hall–Kier alpha value is -4.90. The Morgan fingerprint density at radius 2 is 1.66 bits per heavy atom. The van der Waals surface area contributed by atoms with Gasteiger partial charge in [-0.2, -0.15) is 4.37 Å². The number of rotatable bonds is 11. The predicted octanol–water partition coefficient (Wildman–Crippen LogP) is 4.11. The number of ether oxygens (including phenoxy) is 2. The number of aryl methyl sites for hydroxylation is 1. The number of benzene rings is 3. The van der Waals surface area contributed by atoms with Gasteiger partial charge >= 0.3 is 0 Å². The summed E-state index contributed by atoms with van der Waals surface area (Å²) < 4.78 is 14.9. The first-order valence-corrected chi connectivity index (χ1v) is 13.6. The van der Waals surface area contributed by atoms with E-state index in [9.17, 15) is 14.4 Å². The molecular weight excluding hydrogens is 542 g/mol. The van der Waals surface area contributed by atoms with Crippen molar-refractivity contribution in [3.8, 4) is 11.5 Å². The summed E-state index contributed by atoms with van der Waals surface area (Å²) >= 11 is 0.754. The van der Waals surface area contributed by atoms with Crippen LogP contribution in [0.3, 0.4) is 0 Å². The third-order valence-electron chi connectivity index (χ3n) is 6.55. The molecule has 0 spiro atoms. The lowest BCUT2D eigenvalue weighted by Crippen LogP contribution is -2.44. The fraction of sp³-hybridized carbons (Fsp3) is 0.200. The molecule has 1 aromatic heterocycles. The summed E-state index contributed by atoms with van der Waals surface area (Å²) in [6.45, 7) is 2.18. The second-order valence-corrected chi connectivity index (χ2v) is 9.79. The number of anilines is 2. The second-order valence-electron chi connectivity index (χ2n) is 9.02. The van der Waals surface area contributed by atoms with Crippen LogP contribution in [0, 0.1) is 0 Å². The molecule has 0 aliphatic rings. The smallest absolute Gasteiger partial charge is 0.273 e. The van der Waals surface area contributed by atoms with E-state index in [-0.39, 0.29) is 22.8 Å². The molecule has 1 unspecified atom stereocenters. The van der Waals surface area contributed by atoms with E-state index in [2.05, 4.69) is 9.69 Å². The van der Waals surface area contributed by atoms with Crippen molar-refractivity contribution in [1.29, 1.82) is 0 Å². The molecule has 0 radical (unpaired) electrons. The highest BCUT2D eigenvalue weighted by Gasteiger charge is 2.37. The van der Waals surface area contributed by atoms with Gasteiger partial charge in [0.1, 0.15) is 10.9 Å². The quantitative estimate of drug-likeness (QED) is 0.244. The van der Waals surface area contributed by atoms with E-state index in [1.54, 1.807) is 30.3 Å². The maximum Gasteiger partial charge on any atom is 0.273 e. The number of amides is 3. The Morgan fingerprint density at radius 3 is 2.29 bits per heavy atom. The lowest BCUT2D eigenvalue weighted by atomic mass is 9.99. The summed E-state index contributed by atoms with van der Waals surface area (Å²) in [5.41, 5.74) is 14.0. The number of nitrogens with zero attached hydrogens (tertiary/aromatic N) is 2. The van der Waals surface area contributed by atoms with Crippen LogP contribution in [-0.2, 0) is 17.8 Å². The molecule has 10 nitrogen and oxygen atoms in total. The lowest BCUT2D eigenvalue weighted by molar-refractivity contribution is -0.122. The monoisotopic (exact) mass is 573 g/mol. The highest BCUT2D eigenvalue weighted by Crippen LogP contribution is 2.38. The molecule has 0 aliphatic carbocycles. The van der Waals surface area contributed by atoms with Crippen molar-refractivity contribution in [1.82, 2.24) is 9.69 Å². The highest BCUT2D eigenvalue weighted by molar-refractivity contribution is 7.09. The molecule has 212 valence electrons. The van der Waals surface area contributed by atoms with E-state index >= 15 is 0 Å². The molecule has 0 saturated carbocycles. The van der Waals surface area contributed by atoms with Gasteiger partial charge in [0.2, 0.25) is 5.91 Å². The minimum atomic E-state index is -1.17. The number of nitrogens with one attached hydrogen (secondary N) is 1. The molecule has 41 heavy (non-hydrogen) atoms. The number of nitrogen functional groups attached to an aromatic ring is 1. The lowest BCUT2D eigenvalue weighted by Gasteiger charge is -2.33. The maximum atomic E-state index is 14.4. The number of para-hydroxylation sites is 1. The molecular formula is C30H31N5O5S. The van der Waals surface area contributed by atoms with Crippen molar-refractivity contribution in [2.24, 2.45) is 5.73 Å². The Kier molecular flexibility index (Phi) is 9.20. The Balaban J connectivity index is 1.91. The third kappa shape index (κ3) is 6.15. The summed E-state index contributed by atoms with van der Waals surface area (Å²) in [4.78, 5) is 41.8. The summed E-state index contributed by atoms with van der Waals surface area (Å²) in [5.74, 6) is -1.06. The Bertz CT molecular complexity index is 1560. The van der Waals surface area contributed by atoms with Crippen LogP contribution < -0.4 is 31.2 Å². The maximum absolute atomic E-state index is 14.4. The van der Waals surface area contributed by atoms with Gasteiger partial charge in [0.25, 0.3) is 11.8 Å². The number of methoxy groups -OCH3 is 2. The van der Waals surface area contributed by atoms with Crippen molar-refractivity contribution < 1.29 is 23.9 Å². The number of carbonyl (C=O) groups is 3. The van der Waals surface area contributed by atoms with Crippen LogP contribution in [0.15, 0.2) is 72.8 Å². The standard InChI is InChI=1S/C30H31N5O5S/c1-4-19-12-8-9-13-21(19)35(30(38)27-24(31)25(28(32)36)34-41-27)26(20-14-15-22(39-2)23(16-20)40-3)29(37)33-17-18-10-6-5-7-11-18/h5-16,26H,4,17,31H2,1-3H3,(H2,32,36)(H,33,37). The Morgan fingerprint density at radius 1 is 0.976 bits per heavy atom.